The van der Waals surface area contributed by atoms with Gasteiger partial charge in [0.05, 0.1) is 10.9 Å². The molecule has 2 aromatic heterocycles. The lowest BCUT2D eigenvalue weighted by Crippen LogP contribution is -2.37. The number of aromatic nitrogens is 4. The Kier molecular flexibility index (Phi) is 4.81. The van der Waals surface area contributed by atoms with E-state index in [1.54, 1.807) is 22.7 Å². The Morgan fingerprint density at radius 2 is 1.94 bits per heavy atom. The maximum Gasteiger partial charge on any atom is 0.281 e. The molecular weight excluding hydrogens is 390 g/mol. The summed E-state index contributed by atoms with van der Waals surface area (Å²) in [5.74, 6) is 0.613. The first-order valence-corrected chi connectivity index (χ1v) is 10.8. The maximum atomic E-state index is 12.9. The molecule has 5 rings (SSSR count). The fourth-order valence-corrected chi connectivity index (χ4v) is 4.43. The standard InChI is InChI=1S/C24H25N5O2/c1-14-6-9-18(10-7-14)25-23(30)17-8-11-19-20(13-17)29-22(26-24(19)31)21(27-28-29)16-5-3-4-15(2)12-16/h3-5,8,11-14,18,28H,6-7,9-10H2,1-2H3,(H,25,30). The van der Waals surface area contributed by atoms with Gasteiger partial charge in [-0.25, -0.2) is 9.73 Å². The summed E-state index contributed by atoms with van der Waals surface area (Å²) in [5.41, 5.74) is 3.81. The van der Waals surface area contributed by atoms with Crippen LogP contribution in [0, 0.1) is 12.8 Å². The summed E-state index contributed by atoms with van der Waals surface area (Å²) in [6, 6.07) is 13.2. The Bertz CT molecular complexity index is 1350. The molecule has 2 heterocycles. The molecular formula is C24H25N5O2. The molecule has 0 spiro atoms. The van der Waals surface area contributed by atoms with Crippen LogP contribution in [0.4, 0.5) is 0 Å². The molecule has 0 bridgehead atoms. The minimum Gasteiger partial charge on any atom is -0.349 e. The number of carbonyl (C=O) groups is 1. The smallest absolute Gasteiger partial charge is 0.281 e. The molecule has 1 aliphatic carbocycles. The van der Waals surface area contributed by atoms with Gasteiger partial charge in [0.1, 0.15) is 5.69 Å². The van der Waals surface area contributed by atoms with Crippen molar-refractivity contribution in [3.63, 3.8) is 0 Å². The zero-order valence-corrected chi connectivity index (χ0v) is 17.7. The van der Waals surface area contributed by atoms with Crippen LogP contribution in [0.2, 0.25) is 0 Å². The summed E-state index contributed by atoms with van der Waals surface area (Å²) in [5, 5.41) is 11.0. The Morgan fingerprint density at radius 3 is 2.71 bits per heavy atom. The summed E-state index contributed by atoms with van der Waals surface area (Å²) >= 11 is 0. The summed E-state index contributed by atoms with van der Waals surface area (Å²) in [4.78, 5) is 29.8. The van der Waals surface area contributed by atoms with Crippen molar-refractivity contribution < 1.29 is 4.79 Å². The number of hydrogen-bond acceptors (Lipinski definition) is 4. The Balaban J connectivity index is 1.55. The van der Waals surface area contributed by atoms with Gasteiger partial charge in [0, 0.05) is 17.2 Å². The monoisotopic (exact) mass is 415 g/mol. The number of benzene rings is 2. The molecule has 2 N–H and O–H groups in total. The van der Waals surface area contributed by atoms with Gasteiger partial charge in [-0.15, -0.1) is 0 Å². The van der Waals surface area contributed by atoms with E-state index in [-0.39, 0.29) is 17.5 Å². The molecule has 1 fully saturated rings. The van der Waals surface area contributed by atoms with Crippen LogP contribution >= 0.6 is 0 Å². The van der Waals surface area contributed by atoms with E-state index in [4.69, 9.17) is 0 Å². The highest BCUT2D eigenvalue weighted by molar-refractivity contribution is 5.98. The van der Waals surface area contributed by atoms with Gasteiger partial charge in [-0.3, -0.25) is 9.59 Å². The van der Waals surface area contributed by atoms with Gasteiger partial charge < -0.3 is 5.32 Å². The van der Waals surface area contributed by atoms with Crippen LogP contribution in [-0.4, -0.2) is 31.8 Å². The molecule has 0 aliphatic heterocycles. The highest BCUT2D eigenvalue weighted by Crippen LogP contribution is 2.25. The van der Waals surface area contributed by atoms with Gasteiger partial charge in [0.25, 0.3) is 11.5 Å². The van der Waals surface area contributed by atoms with Gasteiger partial charge in [-0.2, -0.15) is 10.1 Å². The molecule has 0 saturated heterocycles. The molecule has 1 aliphatic rings. The van der Waals surface area contributed by atoms with Gasteiger partial charge in [-0.05, 0) is 62.8 Å². The van der Waals surface area contributed by atoms with Crippen molar-refractivity contribution in [1.82, 2.24) is 25.1 Å². The third-order valence-electron chi connectivity index (χ3n) is 6.27. The predicted molar refractivity (Wildman–Crippen MR) is 120 cm³/mol. The summed E-state index contributed by atoms with van der Waals surface area (Å²) in [6.45, 7) is 4.26. The van der Waals surface area contributed by atoms with Gasteiger partial charge in [-0.1, -0.05) is 30.7 Å². The molecule has 7 nitrogen and oxygen atoms in total. The lowest BCUT2D eigenvalue weighted by atomic mass is 9.87. The van der Waals surface area contributed by atoms with E-state index < -0.39 is 0 Å². The third-order valence-corrected chi connectivity index (χ3v) is 6.27. The van der Waals surface area contributed by atoms with Crippen LogP contribution in [0.5, 0.6) is 0 Å². The maximum absolute atomic E-state index is 12.9. The normalized spacial score (nSPS) is 19.0. The van der Waals surface area contributed by atoms with Crippen molar-refractivity contribution in [2.75, 3.05) is 0 Å². The first kappa shape index (κ1) is 19.5. The lowest BCUT2D eigenvalue weighted by molar-refractivity contribution is 0.0923. The first-order chi connectivity index (χ1) is 15.0. The number of carbonyl (C=O) groups excluding carboxylic acids is 1. The van der Waals surface area contributed by atoms with E-state index in [0.29, 0.717) is 27.8 Å². The highest BCUT2D eigenvalue weighted by Gasteiger charge is 2.21. The number of nitrogens with zero attached hydrogens (tertiary/aromatic N) is 3. The molecule has 158 valence electrons. The number of aromatic amines is 1. The summed E-state index contributed by atoms with van der Waals surface area (Å²) < 4.78 is 1.67. The Hall–Kier alpha value is -3.48. The second-order valence-corrected chi connectivity index (χ2v) is 8.67. The number of nitrogens with one attached hydrogen (secondary N) is 2. The minimum absolute atomic E-state index is 0.113. The van der Waals surface area contributed by atoms with Crippen LogP contribution in [0.1, 0.15) is 48.5 Å². The first-order valence-electron chi connectivity index (χ1n) is 10.8. The molecule has 1 saturated carbocycles. The topological polar surface area (TPSA) is 92.2 Å². The predicted octanol–water partition coefficient (Wildman–Crippen LogP) is 3.85. The quantitative estimate of drug-likeness (QED) is 0.532. The molecule has 31 heavy (non-hydrogen) atoms. The number of H-pyrrole nitrogens is 1. The summed E-state index contributed by atoms with van der Waals surface area (Å²) in [6.07, 6.45) is 4.30. The van der Waals surface area contributed by atoms with Crippen molar-refractivity contribution in [3.05, 3.63) is 63.9 Å². The molecule has 0 unspecified atom stereocenters. The van der Waals surface area contributed by atoms with Crippen LogP contribution in [0.15, 0.2) is 47.3 Å². The second kappa shape index (κ2) is 7.65. The SMILES string of the molecule is Cc1cccc(-c2n[nH]n3c2nc(=O)c2ccc(C(=O)NC4CCC(C)CC4)cc23)c1. The lowest BCUT2D eigenvalue weighted by Gasteiger charge is -2.26. The van der Waals surface area contributed by atoms with E-state index in [9.17, 15) is 9.59 Å². The van der Waals surface area contributed by atoms with Crippen LogP contribution in [-0.2, 0) is 0 Å². The number of hydrogen-bond donors (Lipinski definition) is 2. The molecule has 0 atom stereocenters. The summed E-state index contributed by atoms with van der Waals surface area (Å²) in [7, 11) is 0. The van der Waals surface area contributed by atoms with Crippen molar-refractivity contribution in [3.8, 4) is 11.3 Å². The fourth-order valence-electron chi connectivity index (χ4n) is 4.43. The molecule has 2 aromatic carbocycles. The average Bonchev–Trinajstić information content (AvgIpc) is 3.19. The molecule has 1 amide bonds. The molecule has 7 heteroatoms. The average molecular weight is 415 g/mol. The Labute approximate surface area is 179 Å². The minimum atomic E-state index is -0.335. The number of aryl methyl sites for hydroxylation is 1. The Morgan fingerprint density at radius 1 is 1.13 bits per heavy atom. The number of fused-ring (bicyclic) bond motifs is 3. The van der Waals surface area contributed by atoms with Crippen molar-refractivity contribution in [1.29, 1.82) is 0 Å². The largest absolute Gasteiger partial charge is 0.349 e. The van der Waals surface area contributed by atoms with E-state index >= 15 is 0 Å². The van der Waals surface area contributed by atoms with Crippen LogP contribution in [0.3, 0.4) is 0 Å². The number of rotatable bonds is 3. The molecule has 0 radical (unpaired) electrons. The van der Waals surface area contributed by atoms with Crippen molar-refractivity contribution in [2.24, 2.45) is 5.92 Å². The highest BCUT2D eigenvalue weighted by atomic mass is 16.1. The zero-order chi connectivity index (χ0) is 21.5. The van der Waals surface area contributed by atoms with E-state index in [1.807, 2.05) is 31.2 Å². The van der Waals surface area contributed by atoms with Crippen LogP contribution < -0.4 is 10.9 Å². The zero-order valence-electron chi connectivity index (χ0n) is 17.7. The number of amides is 1. The van der Waals surface area contributed by atoms with E-state index in [2.05, 4.69) is 27.5 Å². The van der Waals surface area contributed by atoms with E-state index in [0.717, 1.165) is 42.7 Å². The molecule has 4 aromatic rings. The van der Waals surface area contributed by atoms with Crippen molar-refractivity contribution >= 4 is 22.5 Å². The van der Waals surface area contributed by atoms with E-state index in [1.165, 1.54) is 0 Å². The van der Waals surface area contributed by atoms with Crippen molar-refractivity contribution in [2.45, 2.75) is 45.6 Å². The third kappa shape index (κ3) is 3.60. The van der Waals surface area contributed by atoms with Gasteiger partial charge in [0.15, 0.2) is 5.65 Å². The van der Waals surface area contributed by atoms with Crippen LogP contribution in [0.25, 0.3) is 27.8 Å². The fraction of sp³-hybridized carbons (Fsp3) is 0.333. The van der Waals surface area contributed by atoms with Gasteiger partial charge in [0.2, 0.25) is 0 Å². The van der Waals surface area contributed by atoms with Gasteiger partial charge >= 0.3 is 0 Å². The second-order valence-electron chi connectivity index (χ2n) is 8.67.